The minimum atomic E-state index is -1.83. The summed E-state index contributed by atoms with van der Waals surface area (Å²) in [6.45, 7) is 1.87. The van der Waals surface area contributed by atoms with Crippen LogP contribution in [-0.4, -0.2) is 20.6 Å². The molecule has 1 aromatic carbocycles. The molecule has 0 unspecified atom stereocenters. The summed E-state index contributed by atoms with van der Waals surface area (Å²) >= 11 is 0. The molecule has 0 bridgehead atoms. The summed E-state index contributed by atoms with van der Waals surface area (Å²) in [7, 11) is 0. The molecule has 28 heavy (non-hydrogen) atoms. The first-order chi connectivity index (χ1) is 13.5. The van der Waals surface area contributed by atoms with Crippen molar-refractivity contribution in [1.29, 1.82) is 5.26 Å². The molecular weight excluding hydrogens is 358 g/mol. The third-order valence-corrected chi connectivity index (χ3v) is 5.64. The zero-order chi connectivity index (χ0) is 19.6. The highest BCUT2D eigenvalue weighted by Crippen LogP contribution is 2.38. The van der Waals surface area contributed by atoms with Crippen LogP contribution in [0.3, 0.4) is 0 Å². The fourth-order valence-electron chi connectivity index (χ4n) is 4.06. The van der Waals surface area contributed by atoms with Crippen molar-refractivity contribution in [2.24, 2.45) is 0 Å². The van der Waals surface area contributed by atoms with Crippen LogP contribution in [0.5, 0.6) is 0 Å². The summed E-state index contributed by atoms with van der Waals surface area (Å²) in [4.78, 5) is 29.9. The number of fused-ring (bicyclic) bond motifs is 5. The largest absolute Gasteiger partial charge is 0.458 e. The van der Waals surface area contributed by atoms with E-state index in [1.807, 2.05) is 6.07 Å². The van der Waals surface area contributed by atoms with E-state index in [1.165, 1.54) is 0 Å². The van der Waals surface area contributed by atoms with E-state index in [0.717, 1.165) is 10.9 Å². The van der Waals surface area contributed by atoms with Crippen LogP contribution in [0, 0.1) is 11.3 Å². The van der Waals surface area contributed by atoms with Crippen molar-refractivity contribution in [3.8, 4) is 17.5 Å². The molecule has 2 aromatic heterocycles. The number of esters is 1. The molecule has 1 N–H and O–H groups in total. The molecule has 138 valence electrons. The van der Waals surface area contributed by atoms with Gasteiger partial charge in [-0.1, -0.05) is 6.92 Å². The Morgan fingerprint density at radius 1 is 1.32 bits per heavy atom. The first-order valence-electron chi connectivity index (χ1n) is 8.97. The molecule has 7 heteroatoms. The monoisotopic (exact) mass is 373 g/mol. The quantitative estimate of drug-likeness (QED) is 0.511. The topological polar surface area (TPSA) is 105 Å². The van der Waals surface area contributed by atoms with Crippen molar-refractivity contribution in [2.75, 3.05) is 0 Å². The van der Waals surface area contributed by atoms with Gasteiger partial charge in [0.25, 0.3) is 5.56 Å². The lowest BCUT2D eigenvalue weighted by atomic mass is 9.86. The number of hydrogen-bond donors (Lipinski definition) is 1. The molecule has 0 amide bonds. The van der Waals surface area contributed by atoms with Gasteiger partial charge in [0.1, 0.15) is 6.61 Å². The molecule has 0 aliphatic carbocycles. The summed E-state index contributed by atoms with van der Waals surface area (Å²) < 4.78 is 6.66. The van der Waals surface area contributed by atoms with E-state index in [4.69, 9.17) is 10.00 Å². The first kappa shape index (κ1) is 16.7. The molecule has 5 rings (SSSR count). The highest BCUT2D eigenvalue weighted by atomic mass is 16.6. The van der Waals surface area contributed by atoms with E-state index in [-0.39, 0.29) is 18.6 Å². The molecule has 2 aliphatic heterocycles. The fourth-order valence-corrected chi connectivity index (χ4v) is 4.06. The van der Waals surface area contributed by atoms with Crippen molar-refractivity contribution in [3.63, 3.8) is 0 Å². The van der Waals surface area contributed by atoms with E-state index in [2.05, 4.69) is 11.1 Å². The molecular formula is C21H15N3O4. The lowest BCUT2D eigenvalue weighted by Crippen LogP contribution is -2.44. The lowest BCUT2D eigenvalue weighted by molar-refractivity contribution is -0.172. The number of carbonyl (C=O) groups excluding carboxylic acids is 1. The molecule has 7 nitrogen and oxygen atoms in total. The SMILES string of the molecule is CC[C@@]1(O)C(=O)OCc2c1cc1n(c2=O)Cc2cc3cc(C#N)ccc3nc2-1. The Labute approximate surface area is 159 Å². The van der Waals surface area contributed by atoms with Crippen LogP contribution >= 0.6 is 0 Å². The lowest BCUT2D eigenvalue weighted by Gasteiger charge is -2.31. The highest BCUT2D eigenvalue weighted by molar-refractivity contribution is 5.86. The molecule has 0 spiro atoms. The zero-order valence-corrected chi connectivity index (χ0v) is 15.0. The molecule has 3 aromatic rings. The van der Waals surface area contributed by atoms with E-state index in [1.54, 1.807) is 35.8 Å². The standard InChI is InChI=1S/C21H15N3O4/c1-2-21(27)15-7-17-18-13(6-12-5-11(8-22)3-4-16(12)23-18)9-24(17)19(25)14(15)10-28-20(21)26/h3-7,27H,2,9-10H2,1H3/t21-/m0/s1. The minimum Gasteiger partial charge on any atom is -0.458 e. The van der Waals surface area contributed by atoms with Crippen LogP contribution in [0.4, 0.5) is 0 Å². The van der Waals surface area contributed by atoms with Crippen molar-refractivity contribution in [3.05, 3.63) is 62.9 Å². The van der Waals surface area contributed by atoms with Crippen LogP contribution in [0.15, 0.2) is 35.1 Å². The summed E-state index contributed by atoms with van der Waals surface area (Å²) in [6, 6.07) is 11.0. The Hall–Kier alpha value is -3.50. The van der Waals surface area contributed by atoms with Gasteiger partial charge in [-0.25, -0.2) is 9.78 Å². The third kappa shape index (κ3) is 2.03. The minimum absolute atomic E-state index is 0.108. The molecule has 1 atom stereocenters. The maximum Gasteiger partial charge on any atom is 0.343 e. The number of aliphatic hydroxyl groups is 1. The molecule has 0 radical (unpaired) electrons. The number of hydrogen-bond acceptors (Lipinski definition) is 6. The number of nitrogens with zero attached hydrogens (tertiary/aromatic N) is 3. The van der Waals surface area contributed by atoms with Gasteiger partial charge in [0.05, 0.1) is 40.6 Å². The number of benzene rings is 1. The van der Waals surface area contributed by atoms with Crippen LogP contribution in [0.25, 0.3) is 22.3 Å². The van der Waals surface area contributed by atoms with Crippen molar-refractivity contribution in [2.45, 2.75) is 32.1 Å². The predicted octanol–water partition coefficient (Wildman–Crippen LogP) is 1.95. The summed E-state index contributed by atoms with van der Waals surface area (Å²) in [5.74, 6) is -0.736. The normalized spacial score (nSPS) is 19.5. The zero-order valence-electron chi connectivity index (χ0n) is 15.0. The number of carbonyl (C=O) groups is 1. The summed E-state index contributed by atoms with van der Waals surface area (Å²) in [5, 5.41) is 20.8. The van der Waals surface area contributed by atoms with Gasteiger partial charge in [0, 0.05) is 16.5 Å². The van der Waals surface area contributed by atoms with Gasteiger partial charge in [-0.15, -0.1) is 0 Å². The average molecular weight is 373 g/mol. The highest BCUT2D eigenvalue weighted by Gasteiger charge is 2.45. The van der Waals surface area contributed by atoms with Crippen LogP contribution in [0.2, 0.25) is 0 Å². The van der Waals surface area contributed by atoms with E-state index >= 15 is 0 Å². The van der Waals surface area contributed by atoms with Crippen molar-refractivity contribution in [1.82, 2.24) is 9.55 Å². The Bertz CT molecular complexity index is 1300. The summed E-state index contributed by atoms with van der Waals surface area (Å²) in [5.41, 5.74) is 1.82. The number of aromatic nitrogens is 2. The number of ether oxygens (including phenoxy) is 1. The Morgan fingerprint density at radius 2 is 2.14 bits per heavy atom. The average Bonchev–Trinajstić information content (AvgIpc) is 3.07. The molecule has 0 saturated heterocycles. The number of rotatable bonds is 1. The Balaban J connectivity index is 1.78. The van der Waals surface area contributed by atoms with Gasteiger partial charge >= 0.3 is 5.97 Å². The predicted molar refractivity (Wildman–Crippen MR) is 99.2 cm³/mol. The Morgan fingerprint density at radius 3 is 2.89 bits per heavy atom. The van der Waals surface area contributed by atoms with E-state index < -0.39 is 11.6 Å². The molecule has 2 aliphatic rings. The van der Waals surface area contributed by atoms with Gasteiger partial charge in [0.2, 0.25) is 0 Å². The smallest absolute Gasteiger partial charge is 0.343 e. The number of nitriles is 1. The third-order valence-electron chi connectivity index (χ3n) is 5.64. The van der Waals surface area contributed by atoms with Gasteiger partial charge in [-0.3, -0.25) is 4.79 Å². The number of cyclic esters (lactones) is 1. The Kier molecular flexibility index (Phi) is 3.27. The van der Waals surface area contributed by atoms with Gasteiger partial charge in [0.15, 0.2) is 5.60 Å². The maximum absolute atomic E-state index is 13.1. The second-order valence-corrected chi connectivity index (χ2v) is 7.12. The van der Waals surface area contributed by atoms with Gasteiger partial charge < -0.3 is 14.4 Å². The van der Waals surface area contributed by atoms with E-state index in [9.17, 15) is 14.7 Å². The van der Waals surface area contributed by atoms with Crippen LogP contribution in [0.1, 0.15) is 35.6 Å². The number of pyridine rings is 2. The maximum atomic E-state index is 13.1. The van der Waals surface area contributed by atoms with Crippen molar-refractivity contribution >= 4 is 16.9 Å². The molecule has 4 heterocycles. The van der Waals surface area contributed by atoms with Gasteiger partial charge in [-0.2, -0.15) is 5.26 Å². The first-order valence-corrected chi connectivity index (χ1v) is 8.97. The second-order valence-electron chi connectivity index (χ2n) is 7.12. The van der Waals surface area contributed by atoms with Crippen LogP contribution < -0.4 is 5.56 Å². The van der Waals surface area contributed by atoms with Gasteiger partial charge in [-0.05, 0) is 36.8 Å². The summed E-state index contributed by atoms with van der Waals surface area (Å²) in [6.07, 6.45) is 0.108. The fraction of sp³-hybridized carbons (Fsp3) is 0.238. The van der Waals surface area contributed by atoms with E-state index in [0.29, 0.717) is 40.1 Å². The van der Waals surface area contributed by atoms with Crippen LogP contribution in [-0.2, 0) is 28.3 Å². The second kappa shape index (κ2) is 5.50. The molecule has 0 saturated carbocycles. The van der Waals surface area contributed by atoms with Crippen molar-refractivity contribution < 1.29 is 14.6 Å². The molecule has 0 fully saturated rings.